The summed E-state index contributed by atoms with van der Waals surface area (Å²) in [6.45, 7) is 0.406. The summed E-state index contributed by atoms with van der Waals surface area (Å²) in [6, 6.07) is 15.4. The van der Waals surface area contributed by atoms with E-state index in [1.54, 1.807) is 0 Å². The molecule has 4 nitrogen and oxygen atoms in total. The van der Waals surface area contributed by atoms with Crippen LogP contribution in [0.1, 0.15) is 5.82 Å². The molecule has 3 aromatic rings. The van der Waals surface area contributed by atoms with Gasteiger partial charge in [-0.2, -0.15) is 0 Å². The van der Waals surface area contributed by atoms with Crippen molar-refractivity contribution in [2.45, 2.75) is 6.54 Å². The maximum absolute atomic E-state index is 5.75. The minimum absolute atomic E-state index is 0.406. The SMILES string of the molecule is NCc1nc2ccc(Oc3ccccc3)cc2[nH]1. The van der Waals surface area contributed by atoms with E-state index in [1.165, 1.54) is 0 Å². The van der Waals surface area contributed by atoms with Gasteiger partial charge in [-0.25, -0.2) is 4.98 Å². The van der Waals surface area contributed by atoms with Crippen LogP contribution in [0.25, 0.3) is 11.0 Å². The van der Waals surface area contributed by atoms with Crippen LogP contribution in [0.15, 0.2) is 48.5 Å². The van der Waals surface area contributed by atoms with Crippen LogP contribution in [0, 0.1) is 0 Å². The molecule has 18 heavy (non-hydrogen) atoms. The maximum Gasteiger partial charge on any atom is 0.129 e. The molecule has 4 heteroatoms. The average molecular weight is 239 g/mol. The number of H-pyrrole nitrogens is 1. The number of ether oxygens (including phenoxy) is 1. The molecule has 3 rings (SSSR count). The van der Waals surface area contributed by atoms with Gasteiger partial charge in [0.15, 0.2) is 0 Å². The Labute approximate surface area is 104 Å². The van der Waals surface area contributed by atoms with Crippen LogP contribution in [0.2, 0.25) is 0 Å². The van der Waals surface area contributed by atoms with Crippen molar-refractivity contribution in [2.75, 3.05) is 0 Å². The van der Waals surface area contributed by atoms with Gasteiger partial charge in [0, 0.05) is 6.07 Å². The lowest BCUT2D eigenvalue weighted by Crippen LogP contribution is -1.97. The highest BCUT2D eigenvalue weighted by Crippen LogP contribution is 2.24. The van der Waals surface area contributed by atoms with Gasteiger partial charge < -0.3 is 15.5 Å². The molecular formula is C14H13N3O. The summed E-state index contributed by atoms with van der Waals surface area (Å²) in [5.74, 6) is 2.37. The zero-order valence-electron chi connectivity index (χ0n) is 9.76. The number of nitrogens with two attached hydrogens (primary N) is 1. The molecule has 0 radical (unpaired) electrons. The smallest absolute Gasteiger partial charge is 0.129 e. The molecule has 0 aliphatic rings. The Morgan fingerprint density at radius 2 is 1.89 bits per heavy atom. The van der Waals surface area contributed by atoms with Gasteiger partial charge in [-0.15, -0.1) is 0 Å². The van der Waals surface area contributed by atoms with Crippen LogP contribution >= 0.6 is 0 Å². The van der Waals surface area contributed by atoms with Gasteiger partial charge in [0.05, 0.1) is 17.6 Å². The van der Waals surface area contributed by atoms with E-state index >= 15 is 0 Å². The van der Waals surface area contributed by atoms with E-state index in [-0.39, 0.29) is 0 Å². The minimum atomic E-state index is 0.406. The van der Waals surface area contributed by atoms with E-state index < -0.39 is 0 Å². The molecule has 3 N–H and O–H groups in total. The van der Waals surface area contributed by atoms with Gasteiger partial charge in [-0.1, -0.05) is 18.2 Å². The summed E-state index contributed by atoms with van der Waals surface area (Å²) in [5.41, 5.74) is 7.38. The third-order valence-electron chi connectivity index (χ3n) is 2.67. The van der Waals surface area contributed by atoms with Crippen LogP contribution in [-0.4, -0.2) is 9.97 Å². The lowest BCUT2D eigenvalue weighted by atomic mass is 10.3. The van der Waals surface area contributed by atoms with Gasteiger partial charge in [-0.05, 0) is 24.3 Å². The number of hydrogen-bond donors (Lipinski definition) is 2. The first-order valence-electron chi connectivity index (χ1n) is 5.77. The monoisotopic (exact) mass is 239 g/mol. The van der Waals surface area contributed by atoms with Crippen molar-refractivity contribution in [3.8, 4) is 11.5 Å². The van der Waals surface area contributed by atoms with Crippen molar-refractivity contribution in [1.82, 2.24) is 9.97 Å². The number of hydrogen-bond acceptors (Lipinski definition) is 3. The van der Waals surface area contributed by atoms with Crippen LogP contribution in [0.3, 0.4) is 0 Å². The van der Waals surface area contributed by atoms with Crippen LogP contribution < -0.4 is 10.5 Å². The summed E-state index contributed by atoms with van der Waals surface area (Å²) >= 11 is 0. The molecule has 1 heterocycles. The standard InChI is InChI=1S/C14H13N3O/c15-9-14-16-12-7-6-11(8-13(12)17-14)18-10-4-2-1-3-5-10/h1-8H,9,15H2,(H,16,17). The molecule has 0 bridgehead atoms. The van der Waals surface area contributed by atoms with E-state index in [4.69, 9.17) is 10.5 Å². The Hall–Kier alpha value is -2.33. The van der Waals surface area contributed by atoms with Crippen LogP contribution in [0.4, 0.5) is 0 Å². The Morgan fingerprint density at radius 1 is 1.06 bits per heavy atom. The normalized spacial score (nSPS) is 10.7. The predicted molar refractivity (Wildman–Crippen MR) is 70.5 cm³/mol. The second-order valence-corrected chi connectivity index (χ2v) is 3.98. The molecule has 0 fully saturated rings. The van der Waals surface area contributed by atoms with Gasteiger partial charge in [0.1, 0.15) is 17.3 Å². The Morgan fingerprint density at radius 3 is 2.67 bits per heavy atom. The highest BCUT2D eigenvalue weighted by Gasteiger charge is 2.03. The molecule has 0 amide bonds. The molecule has 2 aromatic carbocycles. The molecule has 0 saturated carbocycles. The number of nitrogens with one attached hydrogen (secondary N) is 1. The van der Waals surface area contributed by atoms with Gasteiger partial charge >= 0.3 is 0 Å². The fourth-order valence-corrected chi connectivity index (χ4v) is 1.83. The summed E-state index contributed by atoms with van der Waals surface area (Å²) in [4.78, 5) is 7.50. The molecule has 0 saturated heterocycles. The molecule has 1 aromatic heterocycles. The van der Waals surface area contributed by atoms with Crippen molar-refractivity contribution in [1.29, 1.82) is 0 Å². The molecule has 0 atom stereocenters. The second kappa shape index (κ2) is 4.50. The van der Waals surface area contributed by atoms with E-state index in [2.05, 4.69) is 9.97 Å². The number of nitrogens with zero attached hydrogens (tertiary/aromatic N) is 1. The Bertz CT molecular complexity index is 661. The highest BCUT2D eigenvalue weighted by atomic mass is 16.5. The zero-order chi connectivity index (χ0) is 12.4. The zero-order valence-corrected chi connectivity index (χ0v) is 9.76. The third kappa shape index (κ3) is 2.06. The molecule has 0 spiro atoms. The quantitative estimate of drug-likeness (QED) is 0.738. The van der Waals surface area contributed by atoms with Crippen molar-refractivity contribution in [2.24, 2.45) is 5.73 Å². The Kier molecular flexibility index (Phi) is 2.70. The number of para-hydroxylation sites is 1. The van der Waals surface area contributed by atoms with Crippen molar-refractivity contribution in [3.63, 3.8) is 0 Å². The van der Waals surface area contributed by atoms with Crippen molar-refractivity contribution < 1.29 is 4.74 Å². The summed E-state index contributed by atoms with van der Waals surface area (Å²) in [7, 11) is 0. The summed E-state index contributed by atoms with van der Waals surface area (Å²) < 4.78 is 5.75. The molecule has 0 aliphatic heterocycles. The number of imidazole rings is 1. The topological polar surface area (TPSA) is 63.9 Å². The second-order valence-electron chi connectivity index (χ2n) is 3.98. The average Bonchev–Trinajstić information content (AvgIpc) is 2.82. The van der Waals surface area contributed by atoms with E-state index in [0.29, 0.717) is 6.54 Å². The lowest BCUT2D eigenvalue weighted by Gasteiger charge is -2.04. The molecule has 90 valence electrons. The first-order valence-corrected chi connectivity index (χ1v) is 5.77. The highest BCUT2D eigenvalue weighted by molar-refractivity contribution is 5.76. The molecular weight excluding hydrogens is 226 g/mol. The Balaban J connectivity index is 1.93. The van der Waals surface area contributed by atoms with E-state index in [0.717, 1.165) is 28.4 Å². The summed E-state index contributed by atoms with van der Waals surface area (Å²) in [6.07, 6.45) is 0. The first-order chi connectivity index (χ1) is 8.85. The largest absolute Gasteiger partial charge is 0.457 e. The molecule has 0 unspecified atom stereocenters. The number of aromatic amines is 1. The molecule has 0 aliphatic carbocycles. The predicted octanol–water partition coefficient (Wildman–Crippen LogP) is 2.81. The maximum atomic E-state index is 5.75. The number of fused-ring (bicyclic) bond motifs is 1. The van der Waals surface area contributed by atoms with E-state index in [9.17, 15) is 0 Å². The number of benzene rings is 2. The first kappa shape index (κ1) is 10.8. The van der Waals surface area contributed by atoms with Gasteiger partial charge in [-0.3, -0.25) is 0 Å². The number of aromatic nitrogens is 2. The van der Waals surface area contributed by atoms with Crippen molar-refractivity contribution >= 4 is 11.0 Å². The number of rotatable bonds is 3. The van der Waals surface area contributed by atoms with Crippen LogP contribution in [0.5, 0.6) is 11.5 Å². The van der Waals surface area contributed by atoms with Crippen LogP contribution in [-0.2, 0) is 6.54 Å². The van der Waals surface area contributed by atoms with Gasteiger partial charge in [0.2, 0.25) is 0 Å². The fourth-order valence-electron chi connectivity index (χ4n) is 1.83. The lowest BCUT2D eigenvalue weighted by molar-refractivity contribution is 0.483. The van der Waals surface area contributed by atoms with E-state index in [1.807, 2.05) is 48.5 Å². The third-order valence-corrected chi connectivity index (χ3v) is 2.67. The summed E-state index contributed by atoms with van der Waals surface area (Å²) in [5, 5.41) is 0. The fraction of sp³-hybridized carbons (Fsp3) is 0.0714. The van der Waals surface area contributed by atoms with Gasteiger partial charge in [0.25, 0.3) is 0 Å². The minimum Gasteiger partial charge on any atom is -0.457 e. The van der Waals surface area contributed by atoms with Crippen molar-refractivity contribution in [3.05, 3.63) is 54.4 Å².